The minimum atomic E-state index is -1.10. The second kappa shape index (κ2) is 6.51. The number of carboxylic acid groups (broad SMARTS) is 1. The molecule has 0 spiro atoms. The summed E-state index contributed by atoms with van der Waals surface area (Å²) in [5.74, 6) is -0.939. The van der Waals surface area contributed by atoms with Gasteiger partial charge in [-0.3, -0.25) is 0 Å². The summed E-state index contributed by atoms with van der Waals surface area (Å²) in [7, 11) is 0. The van der Waals surface area contributed by atoms with Crippen molar-refractivity contribution in [3.63, 3.8) is 0 Å². The van der Waals surface area contributed by atoms with Crippen LogP contribution in [0.1, 0.15) is 32.1 Å². The normalized spacial score (nSPS) is 21.1. The third kappa shape index (κ3) is 3.85. The van der Waals surface area contributed by atoms with Gasteiger partial charge in [0.15, 0.2) is 0 Å². The fourth-order valence-electron chi connectivity index (χ4n) is 1.69. The maximum atomic E-state index is 10.4. The van der Waals surface area contributed by atoms with Crippen LogP contribution in [0.4, 0.5) is 0 Å². The van der Waals surface area contributed by atoms with Crippen LogP contribution in [0.15, 0.2) is 0 Å². The second-order valence-electron chi connectivity index (χ2n) is 3.24. The first-order valence-electron chi connectivity index (χ1n) is 4.18. The van der Waals surface area contributed by atoms with Gasteiger partial charge in [-0.15, -0.1) is 0 Å². The van der Waals surface area contributed by atoms with E-state index < -0.39 is 12.0 Å². The molecule has 1 saturated carbocycles. The van der Waals surface area contributed by atoms with Crippen molar-refractivity contribution in [2.45, 2.75) is 38.1 Å². The molecule has 4 heteroatoms. The summed E-state index contributed by atoms with van der Waals surface area (Å²) in [6.45, 7) is 0. The molecule has 0 saturated heterocycles. The van der Waals surface area contributed by atoms with E-state index in [0.717, 1.165) is 25.7 Å². The number of carbonyl (C=O) groups is 1. The molecule has 2 N–H and O–H groups in total. The smallest absolute Gasteiger partial charge is 0.548 e. The van der Waals surface area contributed by atoms with E-state index in [-0.39, 0.29) is 57.3 Å². The molecule has 12 heavy (non-hydrogen) atoms. The van der Waals surface area contributed by atoms with Gasteiger partial charge in [0.1, 0.15) is 0 Å². The largest absolute Gasteiger partial charge is 1.00 e. The summed E-state index contributed by atoms with van der Waals surface area (Å²) < 4.78 is 0. The fraction of sp³-hybridized carbons (Fsp3) is 0.875. The summed E-state index contributed by atoms with van der Waals surface area (Å²) in [5, 5.41) is 10.4. The first kappa shape index (κ1) is 13.1. The Morgan fingerprint density at radius 2 is 1.83 bits per heavy atom. The SMILES string of the molecule is N[C@H](C(=O)[O-])C1CCCCC1.[K+]. The Balaban J connectivity index is 0.00000121. The van der Waals surface area contributed by atoms with Gasteiger partial charge in [0.25, 0.3) is 0 Å². The molecule has 1 fully saturated rings. The number of aliphatic carboxylic acids is 1. The van der Waals surface area contributed by atoms with Gasteiger partial charge < -0.3 is 15.6 Å². The first-order chi connectivity index (χ1) is 5.22. The summed E-state index contributed by atoms with van der Waals surface area (Å²) in [5.41, 5.74) is 5.43. The average molecular weight is 195 g/mol. The van der Waals surface area contributed by atoms with Crippen molar-refractivity contribution in [1.29, 1.82) is 0 Å². The molecule has 1 atom stereocenters. The summed E-state index contributed by atoms with van der Waals surface area (Å²) in [6.07, 6.45) is 5.36. The topological polar surface area (TPSA) is 66.2 Å². The molecule has 64 valence electrons. The molecule has 3 nitrogen and oxygen atoms in total. The molecule has 0 unspecified atom stereocenters. The van der Waals surface area contributed by atoms with Crippen LogP contribution in [-0.4, -0.2) is 12.0 Å². The van der Waals surface area contributed by atoms with Crippen molar-refractivity contribution < 1.29 is 61.3 Å². The Kier molecular flexibility index (Phi) is 7.09. The van der Waals surface area contributed by atoms with Crippen molar-refractivity contribution in [3.05, 3.63) is 0 Å². The Bertz CT molecular complexity index is 146. The van der Waals surface area contributed by atoms with Gasteiger partial charge in [-0.1, -0.05) is 19.3 Å². The molecule has 1 aliphatic carbocycles. The number of hydrogen-bond acceptors (Lipinski definition) is 3. The van der Waals surface area contributed by atoms with E-state index in [9.17, 15) is 9.90 Å². The predicted molar refractivity (Wildman–Crippen MR) is 39.6 cm³/mol. The molecule has 1 rings (SSSR count). The number of carboxylic acids is 1. The third-order valence-electron chi connectivity index (χ3n) is 2.43. The summed E-state index contributed by atoms with van der Waals surface area (Å²) in [6, 6.07) is -0.740. The van der Waals surface area contributed by atoms with Crippen LogP contribution in [0.5, 0.6) is 0 Å². The zero-order valence-corrected chi connectivity index (χ0v) is 10.7. The standard InChI is InChI=1S/C8H15NO2.K/c9-7(8(10)11)6-4-2-1-3-5-6;/h6-7H,1-5,9H2,(H,10,11);/q;+1/p-1/t7-;/m0./s1. The van der Waals surface area contributed by atoms with Crippen molar-refractivity contribution in [1.82, 2.24) is 0 Å². The van der Waals surface area contributed by atoms with Gasteiger partial charge >= 0.3 is 51.4 Å². The van der Waals surface area contributed by atoms with Crippen molar-refractivity contribution in [2.75, 3.05) is 0 Å². The van der Waals surface area contributed by atoms with Crippen molar-refractivity contribution in [3.8, 4) is 0 Å². The summed E-state index contributed by atoms with van der Waals surface area (Å²) >= 11 is 0. The van der Waals surface area contributed by atoms with E-state index in [0.29, 0.717) is 0 Å². The minimum absolute atomic E-state index is 0. The zero-order chi connectivity index (χ0) is 8.27. The van der Waals surface area contributed by atoms with Crippen molar-refractivity contribution >= 4 is 5.97 Å². The quantitative estimate of drug-likeness (QED) is 0.468. The van der Waals surface area contributed by atoms with Crippen LogP contribution in [-0.2, 0) is 4.79 Å². The zero-order valence-electron chi connectivity index (χ0n) is 7.58. The van der Waals surface area contributed by atoms with Crippen LogP contribution in [0.3, 0.4) is 0 Å². The molecule has 0 aromatic heterocycles. The predicted octanol–water partition coefficient (Wildman–Crippen LogP) is -3.35. The van der Waals surface area contributed by atoms with E-state index in [1.807, 2.05) is 0 Å². The summed E-state index contributed by atoms with van der Waals surface area (Å²) in [4.78, 5) is 10.4. The van der Waals surface area contributed by atoms with Gasteiger partial charge in [-0.05, 0) is 18.8 Å². The van der Waals surface area contributed by atoms with E-state index in [4.69, 9.17) is 5.73 Å². The van der Waals surface area contributed by atoms with E-state index in [2.05, 4.69) is 0 Å². The van der Waals surface area contributed by atoms with Gasteiger partial charge in [0, 0.05) is 6.04 Å². The van der Waals surface area contributed by atoms with Crippen LogP contribution in [0.2, 0.25) is 0 Å². The monoisotopic (exact) mass is 195 g/mol. The number of rotatable bonds is 2. The Labute approximate surface area is 116 Å². The molecule has 0 aromatic rings. The van der Waals surface area contributed by atoms with Gasteiger partial charge in [-0.25, -0.2) is 0 Å². The molecule has 0 heterocycles. The van der Waals surface area contributed by atoms with Gasteiger partial charge in [-0.2, -0.15) is 0 Å². The number of nitrogens with two attached hydrogens (primary N) is 1. The Morgan fingerprint density at radius 3 is 2.25 bits per heavy atom. The van der Waals surface area contributed by atoms with Gasteiger partial charge in [0.2, 0.25) is 0 Å². The van der Waals surface area contributed by atoms with Gasteiger partial charge in [0.05, 0.1) is 5.97 Å². The average Bonchev–Trinajstić information content (AvgIpc) is 2.05. The molecular formula is C8H14KNO2. The molecular weight excluding hydrogens is 181 g/mol. The third-order valence-corrected chi connectivity index (χ3v) is 2.43. The molecule has 0 bridgehead atoms. The molecule has 0 aromatic carbocycles. The minimum Gasteiger partial charge on any atom is -0.548 e. The van der Waals surface area contributed by atoms with E-state index in [1.165, 1.54) is 6.42 Å². The second-order valence-corrected chi connectivity index (χ2v) is 3.24. The van der Waals surface area contributed by atoms with E-state index >= 15 is 0 Å². The van der Waals surface area contributed by atoms with Crippen LogP contribution in [0, 0.1) is 5.92 Å². The van der Waals surface area contributed by atoms with E-state index in [1.54, 1.807) is 0 Å². The van der Waals surface area contributed by atoms with Crippen LogP contribution in [0.25, 0.3) is 0 Å². The number of carbonyl (C=O) groups excluding carboxylic acids is 1. The van der Waals surface area contributed by atoms with Crippen LogP contribution < -0.4 is 62.2 Å². The van der Waals surface area contributed by atoms with Crippen molar-refractivity contribution in [2.24, 2.45) is 11.7 Å². The molecule has 1 aliphatic rings. The maximum absolute atomic E-state index is 10.4. The first-order valence-corrected chi connectivity index (χ1v) is 4.18. The van der Waals surface area contributed by atoms with Crippen LogP contribution >= 0.6 is 0 Å². The Hall–Kier alpha value is 1.07. The molecule has 0 radical (unpaired) electrons. The molecule has 0 amide bonds. The molecule has 0 aliphatic heterocycles. The fourth-order valence-corrected chi connectivity index (χ4v) is 1.69. The number of hydrogen-bond donors (Lipinski definition) is 1. The maximum Gasteiger partial charge on any atom is 1.00 e. The Morgan fingerprint density at radius 1 is 1.33 bits per heavy atom.